The van der Waals surface area contributed by atoms with Crippen molar-refractivity contribution in [2.75, 3.05) is 12.4 Å². The van der Waals surface area contributed by atoms with E-state index in [1.807, 2.05) is 11.8 Å². The van der Waals surface area contributed by atoms with E-state index in [0.29, 0.717) is 6.04 Å². The first-order valence-corrected chi connectivity index (χ1v) is 8.95. The van der Waals surface area contributed by atoms with E-state index in [2.05, 4.69) is 50.4 Å². The first-order valence-electron chi connectivity index (χ1n) is 8.07. The molecule has 0 aromatic heterocycles. The highest BCUT2D eigenvalue weighted by Crippen LogP contribution is 2.35. The van der Waals surface area contributed by atoms with E-state index in [4.69, 9.17) is 4.74 Å². The Kier molecular flexibility index (Phi) is 6.00. The fourth-order valence-electron chi connectivity index (χ4n) is 2.98. The molecule has 0 spiro atoms. The topological polar surface area (TPSA) is 21.3 Å². The van der Waals surface area contributed by atoms with Crippen molar-refractivity contribution in [3.63, 3.8) is 0 Å². The molecule has 0 heterocycles. The highest BCUT2D eigenvalue weighted by atomic mass is 32.2. The van der Waals surface area contributed by atoms with E-state index < -0.39 is 0 Å². The Balaban J connectivity index is 1.84. The number of ether oxygens (including phenoxy) is 1. The molecule has 0 aliphatic heterocycles. The Labute approximate surface area is 134 Å². The third kappa shape index (κ3) is 5.55. The predicted molar refractivity (Wildman–Crippen MR) is 93.3 cm³/mol. The summed E-state index contributed by atoms with van der Waals surface area (Å²) in [7, 11) is 1.78. The third-order valence-corrected chi connectivity index (χ3v) is 5.57. The van der Waals surface area contributed by atoms with Gasteiger partial charge in [0.1, 0.15) is 0 Å². The quantitative estimate of drug-likeness (QED) is 0.735. The van der Waals surface area contributed by atoms with Crippen LogP contribution in [0.1, 0.15) is 52.9 Å². The molecule has 1 N–H and O–H groups in total. The summed E-state index contributed by atoms with van der Waals surface area (Å²) in [4.78, 5) is 1.40. The van der Waals surface area contributed by atoms with Gasteiger partial charge in [-0.25, -0.2) is 0 Å². The van der Waals surface area contributed by atoms with E-state index in [1.54, 1.807) is 7.11 Å². The van der Waals surface area contributed by atoms with Crippen molar-refractivity contribution in [3.8, 4) is 0 Å². The predicted octanol–water partition coefficient (Wildman–Crippen LogP) is 5.34. The van der Waals surface area contributed by atoms with Crippen LogP contribution in [0.25, 0.3) is 0 Å². The summed E-state index contributed by atoms with van der Waals surface area (Å²) >= 11 is 2.04. The first kappa shape index (κ1) is 16.7. The van der Waals surface area contributed by atoms with Crippen molar-refractivity contribution >= 4 is 17.4 Å². The molecular weight excluding hydrogens is 278 g/mol. The molecule has 1 fully saturated rings. The van der Waals surface area contributed by atoms with Gasteiger partial charge in [-0.15, -0.1) is 11.8 Å². The lowest BCUT2D eigenvalue weighted by Crippen LogP contribution is -2.31. The largest absolute Gasteiger partial charge is 0.382 e. The molecule has 1 aromatic carbocycles. The van der Waals surface area contributed by atoms with Crippen LogP contribution in [0.2, 0.25) is 0 Å². The van der Waals surface area contributed by atoms with Gasteiger partial charge in [-0.1, -0.05) is 12.8 Å². The molecule has 118 valence electrons. The zero-order valence-electron chi connectivity index (χ0n) is 13.8. The number of methoxy groups -OCH3 is 1. The average molecular weight is 308 g/mol. The van der Waals surface area contributed by atoms with Crippen molar-refractivity contribution in [1.82, 2.24) is 0 Å². The van der Waals surface area contributed by atoms with E-state index in [-0.39, 0.29) is 5.60 Å². The van der Waals surface area contributed by atoms with E-state index in [0.717, 1.165) is 11.7 Å². The Bertz CT molecular complexity index is 423. The molecule has 0 bridgehead atoms. The lowest BCUT2D eigenvalue weighted by Gasteiger charge is -2.27. The zero-order chi connectivity index (χ0) is 15.3. The molecule has 1 aromatic rings. The van der Waals surface area contributed by atoms with Crippen LogP contribution in [0, 0.1) is 0 Å². The van der Waals surface area contributed by atoms with Crippen molar-refractivity contribution in [2.24, 2.45) is 0 Å². The SMILES string of the molecule is COC(C)(C)CC(C)Nc1ccc(SC2CCCC2)cc1. The van der Waals surface area contributed by atoms with Gasteiger partial charge in [0, 0.05) is 29.0 Å². The zero-order valence-corrected chi connectivity index (χ0v) is 14.6. The Morgan fingerprint density at radius 1 is 1.24 bits per heavy atom. The van der Waals surface area contributed by atoms with E-state index >= 15 is 0 Å². The van der Waals surface area contributed by atoms with Gasteiger partial charge in [-0.3, -0.25) is 0 Å². The molecule has 1 unspecified atom stereocenters. The lowest BCUT2D eigenvalue weighted by atomic mass is 10.00. The van der Waals surface area contributed by atoms with Crippen LogP contribution in [-0.2, 0) is 4.74 Å². The smallest absolute Gasteiger partial charge is 0.0642 e. The van der Waals surface area contributed by atoms with Crippen LogP contribution in [0.15, 0.2) is 29.2 Å². The molecule has 0 amide bonds. The summed E-state index contributed by atoms with van der Waals surface area (Å²) in [6, 6.07) is 9.30. The number of rotatable bonds is 7. The molecule has 1 aliphatic carbocycles. The fraction of sp³-hybridized carbons (Fsp3) is 0.667. The standard InChI is InChI=1S/C18H29NOS/c1-14(13-18(2,3)20-4)19-15-9-11-17(12-10-15)21-16-7-5-6-8-16/h9-12,14,16,19H,5-8,13H2,1-4H3. The van der Waals surface area contributed by atoms with Gasteiger partial charge in [-0.05, 0) is 64.3 Å². The van der Waals surface area contributed by atoms with Crippen molar-refractivity contribution in [3.05, 3.63) is 24.3 Å². The van der Waals surface area contributed by atoms with Crippen molar-refractivity contribution in [2.45, 2.75) is 74.7 Å². The van der Waals surface area contributed by atoms with Gasteiger partial charge in [0.15, 0.2) is 0 Å². The lowest BCUT2D eigenvalue weighted by molar-refractivity contribution is 0.0128. The summed E-state index contributed by atoms with van der Waals surface area (Å²) in [6.07, 6.45) is 6.57. The monoisotopic (exact) mass is 307 g/mol. The summed E-state index contributed by atoms with van der Waals surface area (Å²) in [6.45, 7) is 6.47. The van der Waals surface area contributed by atoms with Crippen LogP contribution in [-0.4, -0.2) is 24.0 Å². The van der Waals surface area contributed by atoms with Gasteiger partial charge in [-0.2, -0.15) is 0 Å². The second-order valence-electron chi connectivity index (χ2n) is 6.76. The molecule has 1 atom stereocenters. The van der Waals surface area contributed by atoms with Crippen LogP contribution >= 0.6 is 11.8 Å². The van der Waals surface area contributed by atoms with Gasteiger partial charge < -0.3 is 10.1 Å². The second-order valence-corrected chi connectivity index (χ2v) is 8.14. The third-order valence-electron chi connectivity index (χ3n) is 4.22. The van der Waals surface area contributed by atoms with E-state index in [1.165, 1.54) is 36.3 Å². The summed E-state index contributed by atoms with van der Waals surface area (Å²) < 4.78 is 5.50. The van der Waals surface area contributed by atoms with Crippen LogP contribution in [0.5, 0.6) is 0 Å². The van der Waals surface area contributed by atoms with Gasteiger partial charge >= 0.3 is 0 Å². The number of hydrogen-bond donors (Lipinski definition) is 1. The first-order chi connectivity index (χ1) is 9.98. The minimum Gasteiger partial charge on any atom is -0.382 e. The molecule has 0 saturated heterocycles. The Morgan fingerprint density at radius 3 is 2.43 bits per heavy atom. The number of benzene rings is 1. The van der Waals surface area contributed by atoms with Crippen LogP contribution in [0.3, 0.4) is 0 Å². The summed E-state index contributed by atoms with van der Waals surface area (Å²) in [5.41, 5.74) is 1.12. The fourth-order valence-corrected chi connectivity index (χ4v) is 4.23. The maximum atomic E-state index is 5.50. The molecule has 2 nitrogen and oxygen atoms in total. The number of anilines is 1. The van der Waals surface area contributed by atoms with Gasteiger partial charge in [0.05, 0.1) is 5.60 Å². The molecule has 1 saturated carbocycles. The maximum absolute atomic E-state index is 5.50. The van der Waals surface area contributed by atoms with Gasteiger partial charge in [0.2, 0.25) is 0 Å². The summed E-state index contributed by atoms with van der Waals surface area (Å²) in [5, 5.41) is 4.40. The van der Waals surface area contributed by atoms with Crippen molar-refractivity contribution < 1.29 is 4.74 Å². The molecule has 1 aliphatic rings. The Hall–Kier alpha value is -0.670. The average Bonchev–Trinajstić information content (AvgIpc) is 2.93. The number of hydrogen-bond acceptors (Lipinski definition) is 3. The van der Waals surface area contributed by atoms with Crippen LogP contribution in [0.4, 0.5) is 5.69 Å². The highest BCUT2D eigenvalue weighted by molar-refractivity contribution is 8.00. The molecule has 3 heteroatoms. The molecule has 2 rings (SSSR count). The second kappa shape index (κ2) is 7.55. The van der Waals surface area contributed by atoms with Gasteiger partial charge in [0.25, 0.3) is 0 Å². The minimum atomic E-state index is -0.0787. The number of thioether (sulfide) groups is 1. The molecule has 21 heavy (non-hydrogen) atoms. The normalized spacial score (nSPS) is 17.9. The molecule has 0 radical (unpaired) electrons. The van der Waals surface area contributed by atoms with E-state index in [9.17, 15) is 0 Å². The number of nitrogens with one attached hydrogen (secondary N) is 1. The van der Waals surface area contributed by atoms with Crippen molar-refractivity contribution in [1.29, 1.82) is 0 Å². The minimum absolute atomic E-state index is 0.0787. The Morgan fingerprint density at radius 2 is 1.86 bits per heavy atom. The molecular formula is C18H29NOS. The highest BCUT2D eigenvalue weighted by Gasteiger charge is 2.20. The summed E-state index contributed by atoms with van der Waals surface area (Å²) in [5.74, 6) is 0. The maximum Gasteiger partial charge on any atom is 0.0642 e. The van der Waals surface area contributed by atoms with Crippen LogP contribution < -0.4 is 5.32 Å².